The van der Waals surface area contributed by atoms with Crippen molar-refractivity contribution in [2.45, 2.75) is 38.6 Å². The summed E-state index contributed by atoms with van der Waals surface area (Å²) in [6.45, 7) is 6.61. The van der Waals surface area contributed by atoms with E-state index >= 15 is 0 Å². The van der Waals surface area contributed by atoms with Gasteiger partial charge in [0.1, 0.15) is 5.75 Å². The molecule has 2 N–H and O–H groups in total. The van der Waals surface area contributed by atoms with Gasteiger partial charge in [0.2, 0.25) is 0 Å². The van der Waals surface area contributed by atoms with E-state index in [-0.39, 0.29) is 0 Å². The summed E-state index contributed by atoms with van der Waals surface area (Å²) in [5.74, 6) is 0.386. The second kappa shape index (κ2) is 7.80. The lowest BCUT2D eigenvalue weighted by atomic mass is 9.93. The van der Waals surface area contributed by atoms with Crippen molar-refractivity contribution in [2.75, 3.05) is 26.2 Å². The predicted octanol–water partition coefficient (Wildman–Crippen LogP) is 4.07. The van der Waals surface area contributed by atoms with Gasteiger partial charge in [0.15, 0.2) is 0 Å². The van der Waals surface area contributed by atoms with Gasteiger partial charge in [-0.1, -0.05) is 56.5 Å². The van der Waals surface area contributed by atoms with E-state index in [0.29, 0.717) is 11.8 Å². The second-order valence-electron chi connectivity index (χ2n) is 6.52. The standard InChI is InChI=1S/C20H28N2O/c1-2-3-4-9-19(22-14-12-21-13-15-22)17-10-11-20(23)18-8-6-5-7-16(17)18/h5-8,10-11,19,21,23H,2-4,9,12-15H2,1H3/t19-/m0/s1. The first kappa shape index (κ1) is 16.3. The molecule has 1 aliphatic heterocycles. The Morgan fingerprint density at radius 1 is 1.04 bits per heavy atom. The summed E-state index contributed by atoms with van der Waals surface area (Å²) < 4.78 is 0. The molecule has 1 fully saturated rings. The van der Waals surface area contributed by atoms with Gasteiger partial charge < -0.3 is 10.4 Å². The molecule has 0 saturated carbocycles. The quantitative estimate of drug-likeness (QED) is 0.789. The molecule has 1 aliphatic rings. The average molecular weight is 312 g/mol. The summed E-state index contributed by atoms with van der Waals surface area (Å²) in [4.78, 5) is 2.62. The molecule has 0 aromatic heterocycles. The molecule has 2 aromatic rings. The zero-order valence-electron chi connectivity index (χ0n) is 14.1. The summed E-state index contributed by atoms with van der Waals surface area (Å²) >= 11 is 0. The van der Waals surface area contributed by atoms with Crippen molar-refractivity contribution in [1.82, 2.24) is 10.2 Å². The highest BCUT2D eigenvalue weighted by Gasteiger charge is 2.23. The van der Waals surface area contributed by atoms with E-state index in [9.17, 15) is 5.11 Å². The minimum Gasteiger partial charge on any atom is -0.507 e. The van der Waals surface area contributed by atoms with Gasteiger partial charge in [-0.15, -0.1) is 0 Å². The van der Waals surface area contributed by atoms with Crippen molar-refractivity contribution >= 4 is 10.8 Å². The summed E-state index contributed by atoms with van der Waals surface area (Å²) in [6.07, 6.45) is 5.01. The fourth-order valence-corrected chi connectivity index (χ4v) is 3.71. The third-order valence-corrected chi connectivity index (χ3v) is 4.97. The van der Waals surface area contributed by atoms with Crippen LogP contribution in [0.15, 0.2) is 36.4 Å². The molecular formula is C20H28N2O. The van der Waals surface area contributed by atoms with Crippen LogP contribution in [0.25, 0.3) is 10.8 Å². The first-order valence-corrected chi connectivity index (χ1v) is 8.96. The molecule has 3 rings (SSSR count). The Kier molecular flexibility index (Phi) is 5.52. The highest BCUT2D eigenvalue weighted by atomic mass is 16.3. The van der Waals surface area contributed by atoms with Crippen molar-refractivity contribution < 1.29 is 5.11 Å². The molecule has 0 unspecified atom stereocenters. The molecule has 1 atom stereocenters. The van der Waals surface area contributed by atoms with Crippen LogP contribution < -0.4 is 5.32 Å². The summed E-state index contributed by atoms with van der Waals surface area (Å²) in [6, 6.07) is 12.7. The van der Waals surface area contributed by atoms with Gasteiger partial charge in [0, 0.05) is 37.6 Å². The van der Waals surface area contributed by atoms with Gasteiger partial charge in [-0.05, 0) is 23.4 Å². The summed E-state index contributed by atoms with van der Waals surface area (Å²) in [7, 11) is 0. The van der Waals surface area contributed by atoms with Crippen LogP contribution in [0.4, 0.5) is 0 Å². The molecule has 0 spiro atoms. The second-order valence-corrected chi connectivity index (χ2v) is 6.52. The predicted molar refractivity (Wildman–Crippen MR) is 96.9 cm³/mol. The van der Waals surface area contributed by atoms with E-state index < -0.39 is 0 Å². The molecular weight excluding hydrogens is 284 g/mol. The molecule has 1 heterocycles. The van der Waals surface area contributed by atoms with E-state index in [2.05, 4.69) is 35.3 Å². The van der Waals surface area contributed by atoms with Gasteiger partial charge in [0.25, 0.3) is 0 Å². The van der Waals surface area contributed by atoms with Gasteiger partial charge in [-0.25, -0.2) is 0 Å². The molecule has 0 amide bonds. The Hall–Kier alpha value is -1.58. The van der Waals surface area contributed by atoms with Crippen LogP contribution in [0.2, 0.25) is 0 Å². The van der Waals surface area contributed by atoms with Crippen LogP contribution in [0, 0.1) is 0 Å². The number of benzene rings is 2. The number of phenolic OH excluding ortho intramolecular Hbond substituents is 1. The largest absolute Gasteiger partial charge is 0.507 e. The highest BCUT2D eigenvalue weighted by Crippen LogP contribution is 2.35. The van der Waals surface area contributed by atoms with Gasteiger partial charge in [-0.3, -0.25) is 4.90 Å². The number of fused-ring (bicyclic) bond motifs is 1. The van der Waals surface area contributed by atoms with E-state index in [0.717, 1.165) is 31.6 Å². The van der Waals surface area contributed by atoms with E-state index in [4.69, 9.17) is 0 Å². The molecule has 3 heteroatoms. The Balaban J connectivity index is 1.96. The third kappa shape index (κ3) is 3.67. The smallest absolute Gasteiger partial charge is 0.123 e. The normalized spacial score (nSPS) is 17.4. The maximum atomic E-state index is 10.2. The minimum absolute atomic E-state index is 0.386. The van der Waals surface area contributed by atoms with Crippen LogP contribution in [-0.2, 0) is 0 Å². The maximum Gasteiger partial charge on any atom is 0.123 e. The number of nitrogens with one attached hydrogen (secondary N) is 1. The Morgan fingerprint density at radius 3 is 2.52 bits per heavy atom. The fourth-order valence-electron chi connectivity index (χ4n) is 3.71. The first-order chi connectivity index (χ1) is 11.3. The lowest BCUT2D eigenvalue weighted by molar-refractivity contribution is 0.163. The van der Waals surface area contributed by atoms with E-state index in [1.54, 1.807) is 0 Å². The molecule has 1 saturated heterocycles. The monoisotopic (exact) mass is 312 g/mol. The van der Waals surface area contributed by atoms with Gasteiger partial charge >= 0.3 is 0 Å². The van der Waals surface area contributed by atoms with E-state index in [1.807, 2.05) is 18.2 Å². The van der Waals surface area contributed by atoms with E-state index in [1.165, 1.54) is 36.6 Å². The number of hydrogen-bond donors (Lipinski definition) is 2. The molecule has 23 heavy (non-hydrogen) atoms. The lowest BCUT2D eigenvalue weighted by Gasteiger charge is -2.36. The number of piperazine rings is 1. The zero-order valence-corrected chi connectivity index (χ0v) is 14.1. The fraction of sp³-hybridized carbons (Fsp3) is 0.500. The SMILES string of the molecule is CCCCC[C@@H](c1ccc(O)c2ccccc12)N1CCNCC1. The number of unbranched alkanes of at least 4 members (excludes halogenated alkanes) is 2. The van der Waals surface area contributed by atoms with Crippen LogP contribution in [0.3, 0.4) is 0 Å². The van der Waals surface area contributed by atoms with Crippen LogP contribution in [-0.4, -0.2) is 36.2 Å². The van der Waals surface area contributed by atoms with Crippen LogP contribution >= 0.6 is 0 Å². The lowest BCUT2D eigenvalue weighted by Crippen LogP contribution is -2.45. The van der Waals surface area contributed by atoms with Crippen molar-refractivity contribution in [2.24, 2.45) is 0 Å². The Bertz CT molecular complexity index is 635. The van der Waals surface area contributed by atoms with Crippen LogP contribution in [0.5, 0.6) is 5.75 Å². The van der Waals surface area contributed by atoms with Gasteiger partial charge in [-0.2, -0.15) is 0 Å². The number of aromatic hydroxyl groups is 1. The van der Waals surface area contributed by atoms with Crippen LogP contribution in [0.1, 0.15) is 44.2 Å². The molecule has 0 aliphatic carbocycles. The highest BCUT2D eigenvalue weighted by molar-refractivity contribution is 5.91. The Morgan fingerprint density at radius 2 is 1.78 bits per heavy atom. The summed E-state index contributed by atoms with van der Waals surface area (Å²) in [5.41, 5.74) is 1.37. The Labute approximate surface area is 139 Å². The number of phenols is 1. The number of nitrogens with zero attached hydrogens (tertiary/aromatic N) is 1. The van der Waals surface area contributed by atoms with Crippen molar-refractivity contribution in [3.8, 4) is 5.75 Å². The zero-order chi connectivity index (χ0) is 16.1. The minimum atomic E-state index is 0.386. The molecule has 2 aromatic carbocycles. The molecule has 0 bridgehead atoms. The summed E-state index contributed by atoms with van der Waals surface area (Å²) in [5, 5.41) is 15.8. The topological polar surface area (TPSA) is 35.5 Å². The van der Waals surface area contributed by atoms with Crippen molar-refractivity contribution in [1.29, 1.82) is 0 Å². The molecule has 0 radical (unpaired) electrons. The maximum absolute atomic E-state index is 10.2. The number of hydrogen-bond acceptors (Lipinski definition) is 3. The molecule has 3 nitrogen and oxygen atoms in total. The number of rotatable bonds is 6. The van der Waals surface area contributed by atoms with Crippen molar-refractivity contribution in [3.05, 3.63) is 42.0 Å². The first-order valence-electron chi connectivity index (χ1n) is 8.96. The average Bonchev–Trinajstić information content (AvgIpc) is 2.61. The molecule has 124 valence electrons. The van der Waals surface area contributed by atoms with Crippen molar-refractivity contribution in [3.63, 3.8) is 0 Å². The van der Waals surface area contributed by atoms with Gasteiger partial charge in [0.05, 0.1) is 0 Å². The third-order valence-electron chi connectivity index (χ3n) is 4.97.